The van der Waals surface area contributed by atoms with Gasteiger partial charge in [-0.2, -0.15) is 0 Å². The minimum absolute atomic E-state index is 0.652. The molecule has 19 heavy (non-hydrogen) atoms. The second kappa shape index (κ2) is 7.41. The highest BCUT2D eigenvalue weighted by molar-refractivity contribution is 7.09. The van der Waals surface area contributed by atoms with Crippen LogP contribution >= 0.6 is 11.3 Å². The van der Waals surface area contributed by atoms with Crippen molar-refractivity contribution in [3.8, 4) is 0 Å². The molecule has 0 amide bonds. The third-order valence-electron chi connectivity index (χ3n) is 4.54. The second-order valence-electron chi connectivity index (χ2n) is 5.86. The fourth-order valence-electron chi connectivity index (χ4n) is 3.20. The zero-order chi connectivity index (χ0) is 13.7. The Hall–Kier alpha value is -0.380. The predicted octanol–water partition coefficient (Wildman–Crippen LogP) is 3.53. The maximum atomic E-state index is 3.59. The van der Waals surface area contributed by atoms with Crippen LogP contribution in [0.25, 0.3) is 0 Å². The summed E-state index contributed by atoms with van der Waals surface area (Å²) in [6.07, 6.45) is 6.58. The maximum absolute atomic E-state index is 3.59. The van der Waals surface area contributed by atoms with Crippen LogP contribution in [0, 0.1) is 0 Å². The summed E-state index contributed by atoms with van der Waals surface area (Å²) in [7, 11) is 2.32. The van der Waals surface area contributed by atoms with Gasteiger partial charge in [0.1, 0.15) is 0 Å². The standard InChI is InChI=1S/C16H28N2S/c1-4-17-14-7-9-15(10-8-14)18(3)13(2)12-16-6-5-11-19-16/h5-6,11,13-15,17H,4,7-10,12H2,1-3H3. The molecule has 0 spiro atoms. The summed E-state index contributed by atoms with van der Waals surface area (Å²) in [4.78, 5) is 4.13. The van der Waals surface area contributed by atoms with E-state index in [4.69, 9.17) is 0 Å². The fourth-order valence-corrected chi connectivity index (χ4v) is 4.03. The van der Waals surface area contributed by atoms with E-state index < -0.39 is 0 Å². The summed E-state index contributed by atoms with van der Waals surface area (Å²) in [6, 6.07) is 6.62. The Labute approximate surface area is 122 Å². The average Bonchev–Trinajstić information content (AvgIpc) is 2.92. The van der Waals surface area contributed by atoms with Crippen molar-refractivity contribution in [3.63, 3.8) is 0 Å². The van der Waals surface area contributed by atoms with Crippen molar-refractivity contribution in [1.82, 2.24) is 10.2 Å². The molecule has 1 atom stereocenters. The number of hydrogen-bond acceptors (Lipinski definition) is 3. The Morgan fingerprint density at radius 2 is 2.11 bits per heavy atom. The van der Waals surface area contributed by atoms with E-state index in [1.165, 1.54) is 37.0 Å². The molecule has 0 aromatic carbocycles. The minimum Gasteiger partial charge on any atom is -0.314 e. The Bertz CT molecular complexity index is 342. The molecule has 0 bridgehead atoms. The lowest BCUT2D eigenvalue weighted by Gasteiger charge is -2.38. The van der Waals surface area contributed by atoms with Gasteiger partial charge in [0, 0.05) is 23.0 Å². The predicted molar refractivity (Wildman–Crippen MR) is 85.0 cm³/mol. The first-order valence-electron chi connectivity index (χ1n) is 7.68. The largest absolute Gasteiger partial charge is 0.314 e. The normalized spacial score (nSPS) is 25.7. The average molecular weight is 280 g/mol. The van der Waals surface area contributed by atoms with Gasteiger partial charge in [-0.15, -0.1) is 11.3 Å². The van der Waals surface area contributed by atoms with Gasteiger partial charge < -0.3 is 10.2 Å². The van der Waals surface area contributed by atoms with E-state index in [-0.39, 0.29) is 0 Å². The molecule has 1 unspecified atom stereocenters. The van der Waals surface area contributed by atoms with E-state index in [1.54, 1.807) is 0 Å². The maximum Gasteiger partial charge on any atom is 0.0115 e. The molecule has 0 radical (unpaired) electrons. The molecule has 3 heteroatoms. The van der Waals surface area contributed by atoms with Crippen molar-refractivity contribution in [2.75, 3.05) is 13.6 Å². The van der Waals surface area contributed by atoms with Crippen LogP contribution in [0.5, 0.6) is 0 Å². The lowest BCUT2D eigenvalue weighted by Crippen LogP contribution is -2.44. The first kappa shape index (κ1) is 15.0. The van der Waals surface area contributed by atoms with Crippen molar-refractivity contribution in [2.24, 2.45) is 0 Å². The van der Waals surface area contributed by atoms with Crippen LogP contribution in [-0.4, -0.2) is 36.6 Å². The molecule has 1 heterocycles. The summed E-state index contributed by atoms with van der Waals surface area (Å²) in [6.45, 7) is 5.69. The van der Waals surface area contributed by atoms with Crippen LogP contribution in [0.3, 0.4) is 0 Å². The van der Waals surface area contributed by atoms with Crippen LogP contribution in [0.1, 0.15) is 44.4 Å². The molecular formula is C16H28N2S. The number of hydrogen-bond donors (Lipinski definition) is 1. The van der Waals surface area contributed by atoms with E-state index >= 15 is 0 Å². The number of nitrogens with zero attached hydrogens (tertiary/aromatic N) is 1. The zero-order valence-corrected chi connectivity index (χ0v) is 13.4. The summed E-state index contributed by atoms with van der Waals surface area (Å²) < 4.78 is 0. The Morgan fingerprint density at radius 1 is 1.37 bits per heavy atom. The third kappa shape index (κ3) is 4.30. The van der Waals surface area contributed by atoms with Crippen LogP contribution in [0.4, 0.5) is 0 Å². The van der Waals surface area contributed by atoms with Crippen molar-refractivity contribution in [2.45, 2.75) is 64.1 Å². The highest BCUT2D eigenvalue weighted by atomic mass is 32.1. The van der Waals surface area contributed by atoms with Gasteiger partial charge in [0.15, 0.2) is 0 Å². The number of likely N-dealkylation sites (N-methyl/N-ethyl adjacent to an activating group) is 1. The van der Waals surface area contributed by atoms with E-state index in [2.05, 4.69) is 48.6 Å². The van der Waals surface area contributed by atoms with Gasteiger partial charge in [0.25, 0.3) is 0 Å². The lowest BCUT2D eigenvalue weighted by molar-refractivity contribution is 0.135. The quantitative estimate of drug-likeness (QED) is 0.857. The van der Waals surface area contributed by atoms with Gasteiger partial charge in [-0.25, -0.2) is 0 Å². The molecule has 2 nitrogen and oxygen atoms in total. The van der Waals surface area contributed by atoms with E-state index in [9.17, 15) is 0 Å². The second-order valence-corrected chi connectivity index (χ2v) is 6.89. The Kier molecular flexibility index (Phi) is 5.86. The van der Waals surface area contributed by atoms with Crippen molar-refractivity contribution in [3.05, 3.63) is 22.4 Å². The lowest BCUT2D eigenvalue weighted by atomic mass is 9.89. The number of nitrogens with one attached hydrogen (secondary N) is 1. The SMILES string of the molecule is CCNC1CCC(N(C)C(C)Cc2cccs2)CC1. The van der Waals surface area contributed by atoms with Crippen LogP contribution < -0.4 is 5.32 Å². The molecule has 0 saturated heterocycles. The molecule has 1 fully saturated rings. The summed E-state index contributed by atoms with van der Waals surface area (Å²) in [5.41, 5.74) is 0. The molecule has 1 aliphatic rings. The van der Waals surface area contributed by atoms with Gasteiger partial charge in [0.2, 0.25) is 0 Å². The molecular weight excluding hydrogens is 252 g/mol. The number of rotatable bonds is 6. The smallest absolute Gasteiger partial charge is 0.0115 e. The molecule has 1 aliphatic carbocycles. The monoisotopic (exact) mass is 280 g/mol. The van der Waals surface area contributed by atoms with E-state index in [0.717, 1.165) is 18.6 Å². The fraction of sp³-hybridized carbons (Fsp3) is 0.750. The minimum atomic E-state index is 0.652. The topological polar surface area (TPSA) is 15.3 Å². The van der Waals surface area contributed by atoms with Gasteiger partial charge in [0.05, 0.1) is 0 Å². The first-order chi connectivity index (χ1) is 9.20. The molecule has 108 valence electrons. The van der Waals surface area contributed by atoms with Gasteiger partial charge in [-0.1, -0.05) is 13.0 Å². The van der Waals surface area contributed by atoms with Crippen molar-refractivity contribution >= 4 is 11.3 Å². The highest BCUT2D eigenvalue weighted by Gasteiger charge is 2.25. The molecule has 1 N–H and O–H groups in total. The summed E-state index contributed by atoms with van der Waals surface area (Å²) in [5, 5.41) is 5.78. The molecule has 1 aromatic rings. The third-order valence-corrected chi connectivity index (χ3v) is 5.44. The van der Waals surface area contributed by atoms with Crippen LogP contribution in [0.2, 0.25) is 0 Å². The molecule has 1 saturated carbocycles. The van der Waals surface area contributed by atoms with Crippen molar-refractivity contribution in [1.29, 1.82) is 0 Å². The Balaban J connectivity index is 1.78. The summed E-state index contributed by atoms with van der Waals surface area (Å²) in [5.74, 6) is 0. The molecule has 2 rings (SSSR count). The van der Waals surface area contributed by atoms with E-state index in [0.29, 0.717) is 6.04 Å². The van der Waals surface area contributed by atoms with E-state index in [1.807, 2.05) is 11.3 Å². The Morgan fingerprint density at radius 3 is 2.68 bits per heavy atom. The molecule has 0 aliphatic heterocycles. The van der Waals surface area contributed by atoms with Crippen molar-refractivity contribution < 1.29 is 0 Å². The van der Waals surface area contributed by atoms with Crippen LogP contribution in [0.15, 0.2) is 17.5 Å². The highest BCUT2D eigenvalue weighted by Crippen LogP contribution is 2.25. The van der Waals surface area contributed by atoms with Gasteiger partial charge in [-0.05, 0) is 64.1 Å². The summed E-state index contributed by atoms with van der Waals surface area (Å²) >= 11 is 1.89. The van der Waals surface area contributed by atoms with Gasteiger partial charge >= 0.3 is 0 Å². The van der Waals surface area contributed by atoms with Crippen LogP contribution in [-0.2, 0) is 6.42 Å². The zero-order valence-electron chi connectivity index (χ0n) is 12.6. The van der Waals surface area contributed by atoms with Gasteiger partial charge in [-0.3, -0.25) is 0 Å². The first-order valence-corrected chi connectivity index (χ1v) is 8.56. The molecule has 1 aromatic heterocycles. The number of thiophene rings is 1.